The van der Waals surface area contributed by atoms with Gasteiger partial charge in [0.15, 0.2) is 0 Å². The zero-order valence-corrected chi connectivity index (χ0v) is 34.0. The van der Waals surface area contributed by atoms with E-state index in [-0.39, 0.29) is 12.1 Å². The normalized spacial score (nSPS) is 12.1. The lowest BCUT2D eigenvalue weighted by Crippen LogP contribution is -2.06. The van der Waals surface area contributed by atoms with E-state index in [1.165, 1.54) is 225 Å². The molecule has 1 N–H and O–H groups in total. The zero-order valence-electron chi connectivity index (χ0n) is 34.0. The van der Waals surface area contributed by atoms with Crippen molar-refractivity contribution in [1.82, 2.24) is 0 Å². The summed E-state index contributed by atoms with van der Waals surface area (Å²) in [6.45, 7) is 5.15. The van der Waals surface area contributed by atoms with E-state index in [9.17, 15) is 9.90 Å². The minimum atomic E-state index is -0.0791. The molecule has 3 nitrogen and oxygen atoms in total. The van der Waals surface area contributed by atoms with Crippen LogP contribution in [0.4, 0.5) is 0 Å². The van der Waals surface area contributed by atoms with E-state index >= 15 is 0 Å². The van der Waals surface area contributed by atoms with Crippen LogP contribution in [-0.4, -0.2) is 23.8 Å². The standard InChI is InChI=1S/C46H92O3/c1-3-5-7-9-10-11-12-13-14-15-16-17-18-19-20-21-22-23-24-25-26-27-30-33-36-40-44-49-46(48)43-39-35-32-29-28-31-34-38-42-45(47)41-37-8-6-4-2/h45,47H,3-44H2,1-2H3. The Balaban J connectivity index is 3.17. The Morgan fingerprint density at radius 3 is 0.939 bits per heavy atom. The summed E-state index contributed by atoms with van der Waals surface area (Å²) < 4.78 is 5.47. The first kappa shape index (κ1) is 48.4. The summed E-state index contributed by atoms with van der Waals surface area (Å²) in [5, 5.41) is 10.1. The molecule has 0 aromatic heterocycles. The third-order valence-electron chi connectivity index (χ3n) is 10.8. The third-order valence-corrected chi connectivity index (χ3v) is 10.8. The van der Waals surface area contributed by atoms with E-state index in [4.69, 9.17) is 4.74 Å². The summed E-state index contributed by atoms with van der Waals surface area (Å²) in [6, 6.07) is 0. The lowest BCUT2D eigenvalue weighted by Gasteiger charge is -2.10. The molecule has 0 spiro atoms. The number of hydrogen-bond donors (Lipinski definition) is 1. The Morgan fingerprint density at radius 1 is 0.367 bits per heavy atom. The molecule has 1 atom stereocenters. The van der Waals surface area contributed by atoms with Gasteiger partial charge in [-0.1, -0.05) is 245 Å². The molecule has 0 radical (unpaired) electrons. The van der Waals surface area contributed by atoms with Gasteiger partial charge in [-0.25, -0.2) is 0 Å². The molecular formula is C46H92O3. The van der Waals surface area contributed by atoms with Gasteiger partial charge >= 0.3 is 5.97 Å². The molecule has 0 rings (SSSR count). The molecule has 0 saturated heterocycles. The van der Waals surface area contributed by atoms with Crippen molar-refractivity contribution in [3.05, 3.63) is 0 Å². The van der Waals surface area contributed by atoms with Gasteiger partial charge in [-0.05, 0) is 25.7 Å². The van der Waals surface area contributed by atoms with Crippen LogP contribution in [0.2, 0.25) is 0 Å². The van der Waals surface area contributed by atoms with Gasteiger partial charge in [0.05, 0.1) is 12.7 Å². The number of carbonyl (C=O) groups excluding carboxylic acids is 1. The SMILES string of the molecule is CCCCCCCCCCCCCCCCCCCCCCCCCCCCOC(=O)CCCCCCCCCCC(O)CCCCCC. The van der Waals surface area contributed by atoms with Gasteiger partial charge in [0, 0.05) is 6.42 Å². The monoisotopic (exact) mass is 693 g/mol. The smallest absolute Gasteiger partial charge is 0.305 e. The minimum Gasteiger partial charge on any atom is -0.466 e. The molecule has 0 aliphatic carbocycles. The van der Waals surface area contributed by atoms with Crippen LogP contribution in [0.25, 0.3) is 0 Å². The third kappa shape index (κ3) is 43.5. The topological polar surface area (TPSA) is 46.5 Å². The fourth-order valence-electron chi connectivity index (χ4n) is 7.34. The lowest BCUT2D eigenvalue weighted by molar-refractivity contribution is -0.143. The molecule has 0 aliphatic heterocycles. The highest BCUT2D eigenvalue weighted by Gasteiger charge is 2.05. The number of aliphatic hydroxyl groups excluding tert-OH is 1. The Labute approximate surface area is 309 Å². The maximum atomic E-state index is 12.0. The lowest BCUT2D eigenvalue weighted by atomic mass is 10.0. The van der Waals surface area contributed by atoms with Crippen LogP contribution in [0.5, 0.6) is 0 Å². The van der Waals surface area contributed by atoms with E-state index in [0.29, 0.717) is 13.0 Å². The molecule has 0 fully saturated rings. The average molecular weight is 693 g/mol. The highest BCUT2D eigenvalue weighted by atomic mass is 16.5. The van der Waals surface area contributed by atoms with Crippen molar-refractivity contribution in [2.75, 3.05) is 6.61 Å². The van der Waals surface area contributed by atoms with E-state index in [1.54, 1.807) is 0 Å². The molecule has 1 unspecified atom stereocenters. The molecule has 3 heteroatoms. The van der Waals surface area contributed by atoms with Gasteiger partial charge in [0.1, 0.15) is 0 Å². The summed E-state index contributed by atoms with van der Waals surface area (Å²) in [7, 11) is 0. The number of carbonyl (C=O) groups is 1. The van der Waals surface area contributed by atoms with E-state index in [0.717, 1.165) is 32.1 Å². The zero-order chi connectivity index (χ0) is 35.6. The summed E-state index contributed by atoms with van der Waals surface area (Å²) in [6.07, 6.45) is 53.8. The summed E-state index contributed by atoms with van der Waals surface area (Å²) in [5.41, 5.74) is 0. The number of rotatable bonds is 43. The van der Waals surface area contributed by atoms with Gasteiger partial charge in [-0.2, -0.15) is 0 Å². The molecule has 0 heterocycles. The number of unbranched alkanes of at least 4 members (excludes halogenated alkanes) is 35. The van der Waals surface area contributed by atoms with Crippen LogP contribution in [-0.2, 0) is 9.53 Å². The van der Waals surface area contributed by atoms with Gasteiger partial charge < -0.3 is 9.84 Å². The van der Waals surface area contributed by atoms with Crippen molar-refractivity contribution >= 4 is 5.97 Å². The molecule has 49 heavy (non-hydrogen) atoms. The van der Waals surface area contributed by atoms with Crippen LogP contribution in [0.3, 0.4) is 0 Å². The molecule has 0 bridgehead atoms. The second-order valence-electron chi connectivity index (χ2n) is 15.9. The Kier molecular flexibility index (Phi) is 43.1. The van der Waals surface area contributed by atoms with Crippen molar-refractivity contribution in [2.45, 2.75) is 283 Å². The molecular weight excluding hydrogens is 601 g/mol. The quantitative estimate of drug-likeness (QED) is 0.0511. The molecule has 0 aromatic rings. The van der Waals surface area contributed by atoms with Crippen LogP contribution >= 0.6 is 0 Å². The van der Waals surface area contributed by atoms with E-state index in [2.05, 4.69) is 13.8 Å². The summed E-state index contributed by atoms with van der Waals surface area (Å²) in [5.74, 6) is 0.00726. The van der Waals surface area contributed by atoms with E-state index < -0.39 is 0 Å². The molecule has 0 aromatic carbocycles. The van der Waals surface area contributed by atoms with Crippen molar-refractivity contribution < 1.29 is 14.6 Å². The van der Waals surface area contributed by atoms with Crippen molar-refractivity contribution in [2.24, 2.45) is 0 Å². The summed E-state index contributed by atoms with van der Waals surface area (Å²) in [4.78, 5) is 12.0. The molecule has 294 valence electrons. The van der Waals surface area contributed by atoms with Crippen molar-refractivity contribution in [3.63, 3.8) is 0 Å². The van der Waals surface area contributed by atoms with Gasteiger partial charge in [0.2, 0.25) is 0 Å². The van der Waals surface area contributed by atoms with Crippen molar-refractivity contribution in [1.29, 1.82) is 0 Å². The van der Waals surface area contributed by atoms with E-state index in [1.807, 2.05) is 0 Å². The fourth-order valence-corrected chi connectivity index (χ4v) is 7.34. The minimum absolute atomic E-state index is 0.00726. The maximum absolute atomic E-state index is 12.0. The predicted octanol–water partition coefficient (Wildman–Crippen LogP) is 15.9. The average Bonchev–Trinajstić information content (AvgIpc) is 3.10. The number of aliphatic hydroxyl groups is 1. The molecule has 0 aliphatic rings. The first-order chi connectivity index (χ1) is 24.2. The van der Waals surface area contributed by atoms with Gasteiger partial charge in [-0.3, -0.25) is 4.79 Å². The first-order valence-electron chi connectivity index (χ1n) is 23.0. The fraction of sp³-hybridized carbons (Fsp3) is 0.978. The Morgan fingerprint density at radius 2 is 0.612 bits per heavy atom. The maximum Gasteiger partial charge on any atom is 0.305 e. The summed E-state index contributed by atoms with van der Waals surface area (Å²) >= 11 is 0. The number of hydrogen-bond acceptors (Lipinski definition) is 3. The van der Waals surface area contributed by atoms with Gasteiger partial charge in [0.25, 0.3) is 0 Å². The second-order valence-corrected chi connectivity index (χ2v) is 15.9. The van der Waals surface area contributed by atoms with Crippen LogP contribution in [0.15, 0.2) is 0 Å². The van der Waals surface area contributed by atoms with Crippen LogP contribution < -0.4 is 0 Å². The number of esters is 1. The highest BCUT2D eigenvalue weighted by molar-refractivity contribution is 5.69. The van der Waals surface area contributed by atoms with Gasteiger partial charge in [-0.15, -0.1) is 0 Å². The van der Waals surface area contributed by atoms with Crippen molar-refractivity contribution in [3.8, 4) is 0 Å². The predicted molar refractivity (Wildman–Crippen MR) is 218 cm³/mol. The molecule has 0 saturated carbocycles. The highest BCUT2D eigenvalue weighted by Crippen LogP contribution is 2.17. The van der Waals surface area contributed by atoms with Crippen LogP contribution in [0, 0.1) is 0 Å². The largest absolute Gasteiger partial charge is 0.466 e. The van der Waals surface area contributed by atoms with Crippen LogP contribution in [0.1, 0.15) is 277 Å². The number of ether oxygens (including phenoxy) is 1. The Bertz CT molecular complexity index is 605. The molecule has 0 amide bonds. The first-order valence-corrected chi connectivity index (χ1v) is 23.0. The Hall–Kier alpha value is -0.570. The second kappa shape index (κ2) is 43.6.